The highest BCUT2D eigenvalue weighted by Crippen LogP contribution is 2.32. The number of benzene rings is 3. The first-order valence-corrected chi connectivity index (χ1v) is 16.7. The van der Waals surface area contributed by atoms with Crippen LogP contribution in [0.4, 0.5) is 22.0 Å². The predicted octanol–water partition coefficient (Wildman–Crippen LogP) is 4.94. The number of urea groups is 1. The zero-order chi connectivity index (χ0) is 33.1. The molecule has 0 bridgehead atoms. The number of rotatable bonds is 7. The molecule has 3 heterocycles. The Labute approximate surface area is 272 Å². The topological polar surface area (TPSA) is 147 Å². The fraction of sp³-hybridized carbons (Fsp3) is 0.206. The van der Waals surface area contributed by atoms with Gasteiger partial charge in [-0.25, -0.2) is 23.2 Å². The number of hydrogen-bond acceptors (Lipinski definition) is 9. The summed E-state index contributed by atoms with van der Waals surface area (Å²) in [6.45, 7) is 2.54. The van der Waals surface area contributed by atoms with Crippen molar-refractivity contribution >= 4 is 49.9 Å². The number of aromatic nitrogens is 3. The summed E-state index contributed by atoms with van der Waals surface area (Å²) in [4.78, 5) is 42.6. The largest absolute Gasteiger partial charge is 0.378 e. The minimum Gasteiger partial charge on any atom is -0.378 e. The zero-order valence-electron chi connectivity index (χ0n) is 26.1. The van der Waals surface area contributed by atoms with Gasteiger partial charge in [-0.3, -0.25) is 9.78 Å². The van der Waals surface area contributed by atoms with Crippen molar-refractivity contribution in [3.05, 3.63) is 90.8 Å². The van der Waals surface area contributed by atoms with E-state index in [4.69, 9.17) is 14.7 Å². The van der Waals surface area contributed by atoms with Crippen molar-refractivity contribution in [2.75, 3.05) is 62.2 Å². The molecule has 1 aliphatic heterocycles. The van der Waals surface area contributed by atoms with Gasteiger partial charge in [0.15, 0.2) is 15.7 Å². The fourth-order valence-electron chi connectivity index (χ4n) is 5.17. The smallest absolute Gasteiger partial charge is 0.323 e. The van der Waals surface area contributed by atoms with Gasteiger partial charge >= 0.3 is 6.03 Å². The molecule has 47 heavy (non-hydrogen) atoms. The summed E-state index contributed by atoms with van der Waals surface area (Å²) in [6.07, 6.45) is 4.13. The van der Waals surface area contributed by atoms with Crippen molar-refractivity contribution in [1.29, 1.82) is 0 Å². The molecule has 1 fully saturated rings. The molecule has 0 radical (unpaired) electrons. The molecular weight excluding hydrogens is 618 g/mol. The van der Waals surface area contributed by atoms with Crippen molar-refractivity contribution < 1.29 is 22.7 Å². The van der Waals surface area contributed by atoms with Gasteiger partial charge in [-0.1, -0.05) is 6.07 Å². The predicted molar refractivity (Wildman–Crippen MR) is 181 cm³/mol. The lowest BCUT2D eigenvalue weighted by Gasteiger charge is -2.29. The number of fused-ring (bicyclic) bond motifs is 1. The van der Waals surface area contributed by atoms with Crippen molar-refractivity contribution in [3.8, 4) is 22.5 Å². The molecule has 12 nitrogen and oxygen atoms in total. The van der Waals surface area contributed by atoms with Crippen molar-refractivity contribution in [3.63, 3.8) is 0 Å². The molecule has 13 heteroatoms. The quantitative estimate of drug-likeness (QED) is 0.250. The number of carbonyl (C=O) groups excluding carboxylic acids is 2. The second kappa shape index (κ2) is 13.1. The first-order chi connectivity index (χ1) is 22.5. The average molecular weight is 652 g/mol. The lowest BCUT2D eigenvalue weighted by Crippen LogP contribution is -2.37. The van der Waals surface area contributed by atoms with Crippen LogP contribution >= 0.6 is 0 Å². The summed E-state index contributed by atoms with van der Waals surface area (Å²) >= 11 is 0. The molecule has 1 aliphatic rings. The number of sulfone groups is 1. The van der Waals surface area contributed by atoms with E-state index >= 15 is 0 Å². The van der Waals surface area contributed by atoms with Gasteiger partial charge in [0.05, 0.1) is 23.6 Å². The van der Waals surface area contributed by atoms with E-state index in [1.54, 1.807) is 62.8 Å². The van der Waals surface area contributed by atoms with Crippen LogP contribution in [0.3, 0.4) is 0 Å². The third-order valence-electron chi connectivity index (χ3n) is 7.66. The Morgan fingerprint density at radius 2 is 1.45 bits per heavy atom. The highest BCUT2D eigenvalue weighted by molar-refractivity contribution is 7.90. The maximum atomic E-state index is 12.7. The summed E-state index contributed by atoms with van der Waals surface area (Å²) in [5.41, 5.74) is 4.53. The summed E-state index contributed by atoms with van der Waals surface area (Å²) in [6, 6.07) is 20.9. The number of pyridine rings is 1. The molecule has 240 valence electrons. The molecule has 2 aromatic heterocycles. The Hall–Kier alpha value is -5.40. The fourth-order valence-corrected chi connectivity index (χ4v) is 5.76. The van der Waals surface area contributed by atoms with Gasteiger partial charge in [0.2, 0.25) is 0 Å². The lowest BCUT2D eigenvalue weighted by atomic mass is 10.0. The molecule has 0 aliphatic carbocycles. The summed E-state index contributed by atoms with van der Waals surface area (Å²) in [5.74, 6) is 1.16. The van der Waals surface area contributed by atoms with Crippen molar-refractivity contribution in [2.24, 2.45) is 0 Å². The zero-order valence-corrected chi connectivity index (χ0v) is 26.9. The second-order valence-corrected chi connectivity index (χ2v) is 13.3. The number of morpholine rings is 1. The van der Waals surface area contributed by atoms with Crippen LogP contribution in [-0.4, -0.2) is 86.9 Å². The Balaban J connectivity index is 1.26. The SMILES string of the molecule is CN(C)C(=O)c1ccc(NC(=O)Nc2ccc(-c3nc(N4CCOCC4)c4ccc(-c5cncc(S(C)(=O)=O)c5)cc4n3)cc2)cc1. The lowest BCUT2D eigenvalue weighted by molar-refractivity contribution is 0.0827. The molecule has 0 atom stereocenters. The minimum absolute atomic E-state index is 0.120. The summed E-state index contributed by atoms with van der Waals surface area (Å²) < 4.78 is 29.9. The highest BCUT2D eigenvalue weighted by atomic mass is 32.2. The maximum Gasteiger partial charge on any atom is 0.323 e. The van der Waals surface area contributed by atoms with Crippen LogP contribution in [0.5, 0.6) is 0 Å². The number of nitrogens with zero attached hydrogens (tertiary/aromatic N) is 5. The van der Waals surface area contributed by atoms with Crippen LogP contribution in [0.1, 0.15) is 10.4 Å². The van der Waals surface area contributed by atoms with Crippen LogP contribution < -0.4 is 15.5 Å². The Bertz CT molecular complexity index is 2060. The Morgan fingerprint density at radius 1 is 0.809 bits per heavy atom. The van der Waals surface area contributed by atoms with E-state index in [0.717, 1.165) is 28.6 Å². The summed E-state index contributed by atoms with van der Waals surface area (Å²) in [5, 5.41) is 6.46. The number of anilines is 3. The van der Waals surface area contributed by atoms with Crippen LogP contribution in [0.25, 0.3) is 33.4 Å². The normalized spacial score (nSPS) is 13.3. The van der Waals surface area contributed by atoms with Crippen LogP contribution in [0.15, 0.2) is 90.1 Å². The van der Waals surface area contributed by atoms with Crippen LogP contribution in [0, 0.1) is 0 Å². The molecule has 3 aromatic carbocycles. The average Bonchev–Trinajstić information content (AvgIpc) is 3.08. The van der Waals surface area contributed by atoms with E-state index in [1.807, 2.05) is 30.3 Å². The minimum atomic E-state index is -3.42. The van der Waals surface area contributed by atoms with Gasteiger partial charge in [-0.2, -0.15) is 0 Å². The van der Waals surface area contributed by atoms with Gasteiger partial charge in [0, 0.05) is 79.3 Å². The maximum absolute atomic E-state index is 12.7. The van der Waals surface area contributed by atoms with Gasteiger partial charge in [0.25, 0.3) is 5.91 Å². The van der Waals surface area contributed by atoms with Gasteiger partial charge in [0.1, 0.15) is 5.82 Å². The van der Waals surface area contributed by atoms with Gasteiger partial charge in [-0.15, -0.1) is 0 Å². The number of nitrogens with one attached hydrogen (secondary N) is 2. The number of hydrogen-bond donors (Lipinski definition) is 2. The molecule has 3 amide bonds. The van der Waals surface area contributed by atoms with Gasteiger partial charge < -0.3 is 25.2 Å². The number of amides is 3. The standard InChI is InChI=1S/C34H33N7O5S/c1-40(2)33(42)23-6-11-27(12-7-23)37-34(43)36-26-9-4-22(5-10-26)31-38-30-19-24(25-18-28(21-35-20-25)47(3,44)45)8-13-29(30)32(39-31)41-14-16-46-17-15-41/h4-13,18-21H,14-17H2,1-3H3,(H2,36,37,43). The van der Waals surface area contributed by atoms with Crippen molar-refractivity contribution in [1.82, 2.24) is 19.9 Å². The van der Waals surface area contributed by atoms with E-state index in [1.165, 1.54) is 11.1 Å². The molecule has 6 rings (SSSR count). The van der Waals surface area contributed by atoms with E-state index in [9.17, 15) is 18.0 Å². The molecule has 1 saturated heterocycles. The van der Waals surface area contributed by atoms with Gasteiger partial charge in [-0.05, 0) is 72.3 Å². The molecule has 0 unspecified atom stereocenters. The Kier molecular flexibility index (Phi) is 8.83. The third kappa shape index (κ3) is 7.21. The monoisotopic (exact) mass is 651 g/mol. The molecule has 0 saturated carbocycles. The molecular formula is C34H33N7O5S. The van der Waals surface area contributed by atoms with E-state index < -0.39 is 15.9 Å². The molecule has 0 spiro atoms. The van der Waals surface area contributed by atoms with Crippen LogP contribution in [0.2, 0.25) is 0 Å². The van der Waals surface area contributed by atoms with E-state index in [2.05, 4.69) is 20.5 Å². The van der Waals surface area contributed by atoms with Crippen molar-refractivity contribution in [2.45, 2.75) is 4.90 Å². The third-order valence-corrected chi connectivity index (χ3v) is 8.74. The van der Waals surface area contributed by atoms with E-state index in [0.29, 0.717) is 60.1 Å². The number of carbonyl (C=O) groups is 2. The number of ether oxygens (including phenoxy) is 1. The van der Waals surface area contributed by atoms with Crippen LogP contribution in [-0.2, 0) is 14.6 Å². The molecule has 2 N–H and O–H groups in total. The second-order valence-electron chi connectivity index (χ2n) is 11.3. The first kappa shape index (κ1) is 31.6. The first-order valence-electron chi connectivity index (χ1n) is 14.9. The molecule has 5 aromatic rings. The van der Waals surface area contributed by atoms with E-state index in [-0.39, 0.29) is 10.8 Å². The Morgan fingerprint density at radius 3 is 2.09 bits per heavy atom. The summed E-state index contributed by atoms with van der Waals surface area (Å²) in [7, 11) is -0.0598. The highest BCUT2D eigenvalue weighted by Gasteiger charge is 2.19.